The number of anilines is 1. The van der Waals surface area contributed by atoms with Gasteiger partial charge < -0.3 is 16.0 Å². The predicted molar refractivity (Wildman–Crippen MR) is 127 cm³/mol. The van der Waals surface area contributed by atoms with E-state index in [1.54, 1.807) is 11.6 Å². The van der Waals surface area contributed by atoms with Gasteiger partial charge in [-0.05, 0) is 50.4 Å². The summed E-state index contributed by atoms with van der Waals surface area (Å²) in [5.41, 5.74) is 3.53. The fourth-order valence-electron chi connectivity index (χ4n) is 3.97. The molecule has 1 aliphatic heterocycles. The summed E-state index contributed by atoms with van der Waals surface area (Å²) in [7, 11) is 0. The van der Waals surface area contributed by atoms with Gasteiger partial charge in [-0.25, -0.2) is 19.9 Å². The van der Waals surface area contributed by atoms with Gasteiger partial charge in [0.2, 0.25) is 0 Å². The first-order chi connectivity index (χ1) is 15.6. The van der Waals surface area contributed by atoms with E-state index in [-0.39, 0.29) is 18.0 Å². The van der Waals surface area contributed by atoms with Gasteiger partial charge in [0.05, 0.1) is 22.3 Å². The summed E-state index contributed by atoms with van der Waals surface area (Å²) in [6, 6.07) is 7.48. The van der Waals surface area contributed by atoms with Gasteiger partial charge in [0, 0.05) is 11.4 Å². The third kappa shape index (κ3) is 4.11. The topological polar surface area (TPSA) is 105 Å². The Morgan fingerprint density at radius 2 is 2.09 bits per heavy atom. The van der Waals surface area contributed by atoms with Crippen molar-refractivity contribution in [3.05, 3.63) is 52.5 Å². The number of pyridine rings is 1. The fraction of sp³-hybridized carbons (Fsp3) is 0.318. The molecule has 4 aromatic rings. The van der Waals surface area contributed by atoms with Crippen molar-refractivity contribution in [1.29, 1.82) is 0 Å². The molecule has 3 N–H and O–H groups in total. The molecule has 0 bridgehead atoms. The molecule has 1 saturated heterocycles. The molecule has 8 nitrogen and oxygen atoms in total. The third-order valence-corrected chi connectivity index (χ3v) is 6.70. The molecule has 0 radical (unpaired) electrons. The van der Waals surface area contributed by atoms with E-state index in [1.165, 1.54) is 17.7 Å². The van der Waals surface area contributed by atoms with Crippen molar-refractivity contribution in [3.63, 3.8) is 0 Å². The molecular formula is C22H22ClN7OS. The van der Waals surface area contributed by atoms with E-state index in [0.29, 0.717) is 21.9 Å². The number of nitrogens with zero attached hydrogens (tertiary/aromatic N) is 4. The molecule has 10 heteroatoms. The van der Waals surface area contributed by atoms with E-state index >= 15 is 0 Å². The zero-order valence-electron chi connectivity index (χ0n) is 17.4. The van der Waals surface area contributed by atoms with E-state index < -0.39 is 0 Å². The highest BCUT2D eigenvalue weighted by atomic mass is 35.5. The first-order valence-electron chi connectivity index (χ1n) is 10.5. The Morgan fingerprint density at radius 1 is 1.25 bits per heavy atom. The normalized spacial score (nSPS) is 15.7. The Morgan fingerprint density at radius 3 is 2.94 bits per heavy atom. The van der Waals surface area contributed by atoms with Crippen LogP contribution in [0.1, 0.15) is 42.0 Å². The second kappa shape index (κ2) is 8.93. The van der Waals surface area contributed by atoms with Crippen molar-refractivity contribution >= 4 is 55.8 Å². The molecule has 1 aliphatic rings. The number of aromatic nitrogens is 4. The van der Waals surface area contributed by atoms with Crippen molar-refractivity contribution in [2.45, 2.75) is 31.8 Å². The summed E-state index contributed by atoms with van der Waals surface area (Å²) in [5.74, 6) is 0.436. The minimum absolute atomic E-state index is 0.126. The Hall–Kier alpha value is -2.88. The maximum absolute atomic E-state index is 13.3. The second-order valence-electron chi connectivity index (χ2n) is 7.83. The number of fused-ring (bicyclic) bond motifs is 2. The van der Waals surface area contributed by atoms with Gasteiger partial charge in [0.1, 0.15) is 22.4 Å². The lowest BCUT2D eigenvalue weighted by atomic mass is 10.0. The van der Waals surface area contributed by atoms with E-state index in [1.807, 2.05) is 25.1 Å². The minimum atomic E-state index is -0.219. The van der Waals surface area contributed by atoms with Crippen LogP contribution in [0.5, 0.6) is 0 Å². The Kier molecular flexibility index (Phi) is 5.86. The number of benzene rings is 1. The van der Waals surface area contributed by atoms with Gasteiger partial charge in [-0.15, -0.1) is 11.3 Å². The van der Waals surface area contributed by atoms with Crippen LogP contribution >= 0.6 is 22.9 Å². The Labute approximate surface area is 193 Å². The van der Waals surface area contributed by atoms with E-state index in [2.05, 4.69) is 30.9 Å². The molecule has 32 heavy (non-hydrogen) atoms. The van der Waals surface area contributed by atoms with Crippen LogP contribution in [0.3, 0.4) is 0 Å². The summed E-state index contributed by atoms with van der Waals surface area (Å²) < 4.78 is 0. The lowest BCUT2D eigenvalue weighted by molar-refractivity contribution is 0.0926. The molecule has 5 rings (SSSR count). The summed E-state index contributed by atoms with van der Waals surface area (Å²) >= 11 is 7.95. The molecule has 1 atom stereocenters. The van der Waals surface area contributed by atoms with E-state index in [9.17, 15) is 4.79 Å². The highest BCUT2D eigenvalue weighted by molar-refractivity contribution is 7.16. The van der Waals surface area contributed by atoms with Gasteiger partial charge >= 0.3 is 0 Å². The largest absolute Gasteiger partial charge is 0.360 e. The van der Waals surface area contributed by atoms with Crippen LogP contribution in [-0.2, 0) is 0 Å². The molecular weight excluding hydrogens is 446 g/mol. The van der Waals surface area contributed by atoms with Crippen molar-refractivity contribution in [3.8, 4) is 0 Å². The molecule has 0 spiro atoms. The van der Waals surface area contributed by atoms with Crippen LogP contribution in [0.4, 0.5) is 5.82 Å². The van der Waals surface area contributed by atoms with Crippen LogP contribution in [-0.4, -0.2) is 45.0 Å². The van der Waals surface area contributed by atoms with Gasteiger partial charge in [0.25, 0.3) is 5.91 Å². The molecule has 1 aromatic carbocycles. The monoisotopic (exact) mass is 467 g/mol. The Balaban J connectivity index is 1.50. The van der Waals surface area contributed by atoms with Crippen LogP contribution < -0.4 is 16.0 Å². The van der Waals surface area contributed by atoms with Crippen molar-refractivity contribution in [2.24, 2.45) is 0 Å². The van der Waals surface area contributed by atoms with E-state index in [4.69, 9.17) is 16.6 Å². The zero-order valence-corrected chi connectivity index (χ0v) is 19.0. The molecule has 4 heterocycles. The minimum Gasteiger partial charge on any atom is -0.360 e. The number of amides is 1. The summed E-state index contributed by atoms with van der Waals surface area (Å²) in [5, 5.41) is 11.9. The lowest BCUT2D eigenvalue weighted by Crippen LogP contribution is -2.43. The number of hydrogen-bond donors (Lipinski definition) is 3. The van der Waals surface area contributed by atoms with Crippen LogP contribution in [0, 0.1) is 0 Å². The van der Waals surface area contributed by atoms with Crippen LogP contribution in [0.2, 0.25) is 5.02 Å². The standard InChI is InChI=1S/C22H22ClN7OS/c1-12(28-20-19-22(26-10-25-20)32-11-27-19)16-9-13-3-2-4-15(23)17(13)18(30-16)21(31)29-14-5-7-24-8-6-14/h2-4,9-12,14,24H,5-8H2,1H3,(H,29,31)(H,25,26,28). The Bertz CT molecular complexity index is 1290. The molecule has 0 saturated carbocycles. The highest BCUT2D eigenvalue weighted by Gasteiger charge is 2.22. The summed E-state index contributed by atoms with van der Waals surface area (Å²) in [4.78, 5) is 31.8. The van der Waals surface area contributed by atoms with Crippen molar-refractivity contribution in [1.82, 2.24) is 30.6 Å². The average molecular weight is 468 g/mol. The molecule has 1 fully saturated rings. The quantitative estimate of drug-likeness (QED) is 0.408. The lowest BCUT2D eigenvalue weighted by Gasteiger charge is -2.24. The molecule has 164 valence electrons. The maximum atomic E-state index is 13.3. The zero-order chi connectivity index (χ0) is 22.1. The van der Waals surface area contributed by atoms with Crippen molar-refractivity contribution < 1.29 is 4.79 Å². The fourth-order valence-corrected chi connectivity index (χ4v) is 4.87. The van der Waals surface area contributed by atoms with Gasteiger partial charge in [0.15, 0.2) is 5.82 Å². The van der Waals surface area contributed by atoms with Crippen LogP contribution in [0.25, 0.3) is 21.1 Å². The average Bonchev–Trinajstić information content (AvgIpc) is 3.29. The third-order valence-electron chi connectivity index (χ3n) is 5.65. The molecule has 3 aromatic heterocycles. The number of nitrogens with one attached hydrogen (secondary N) is 3. The first kappa shape index (κ1) is 21.0. The number of piperidine rings is 1. The SMILES string of the molecule is CC(Nc1ncnc2scnc12)c1cc2cccc(Cl)c2c(C(=O)NC2CCNCC2)n1. The second-order valence-corrected chi connectivity index (χ2v) is 9.07. The van der Waals surface area contributed by atoms with Gasteiger partial charge in [-0.2, -0.15) is 0 Å². The van der Waals surface area contributed by atoms with Gasteiger partial charge in [-0.1, -0.05) is 23.7 Å². The number of carbonyl (C=O) groups is 1. The number of carbonyl (C=O) groups excluding carboxylic acids is 1. The van der Waals surface area contributed by atoms with Gasteiger partial charge in [-0.3, -0.25) is 4.79 Å². The summed E-state index contributed by atoms with van der Waals surface area (Å²) in [6.45, 7) is 3.77. The predicted octanol–water partition coefficient (Wildman–Crippen LogP) is 3.94. The molecule has 1 unspecified atom stereocenters. The number of hydrogen-bond acceptors (Lipinski definition) is 8. The maximum Gasteiger partial charge on any atom is 0.270 e. The van der Waals surface area contributed by atoms with Crippen LogP contribution in [0.15, 0.2) is 36.1 Å². The summed E-state index contributed by atoms with van der Waals surface area (Å²) in [6.07, 6.45) is 3.31. The number of thiazole rings is 1. The molecule has 1 amide bonds. The smallest absolute Gasteiger partial charge is 0.270 e. The highest BCUT2D eigenvalue weighted by Crippen LogP contribution is 2.30. The first-order valence-corrected chi connectivity index (χ1v) is 11.8. The van der Waals surface area contributed by atoms with Crippen molar-refractivity contribution in [2.75, 3.05) is 18.4 Å². The number of halogens is 1. The van der Waals surface area contributed by atoms with E-state index in [0.717, 1.165) is 47.4 Å². The number of rotatable bonds is 5. The molecule has 0 aliphatic carbocycles.